The van der Waals surface area contributed by atoms with Crippen molar-refractivity contribution in [2.45, 2.75) is 0 Å². The van der Waals surface area contributed by atoms with Gasteiger partial charge in [-0.15, -0.1) is 0 Å². The Hall–Kier alpha value is -2.12. The van der Waals surface area contributed by atoms with Crippen molar-refractivity contribution in [2.24, 2.45) is 0 Å². The molecular formula is C11H7Cl2N3O4. The van der Waals surface area contributed by atoms with E-state index in [0.717, 1.165) is 0 Å². The fourth-order valence-corrected chi connectivity index (χ4v) is 1.82. The summed E-state index contributed by atoms with van der Waals surface area (Å²) in [6.45, 7) is -0.543. The van der Waals surface area contributed by atoms with Gasteiger partial charge < -0.3 is 14.9 Å². The second kappa shape index (κ2) is 5.89. The number of aliphatic carboxylic acids is 1. The molecule has 1 heterocycles. The minimum absolute atomic E-state index is 0.104. The van der Waals surface area contributed by atoms with E-state index in [0.29, 0.717) is 15.6 Å². The van der Waals surface area contributed by atoms with Crippen molar-refractivity contribution in [3.8, 4) is 11.4 Å². The number of carbonyl (C=O) groups is 2. The number of aromatic nitrogens is 2. The second-order valence-electron chi connectivity index (χ2n) is 3.62. The SMILES string of the molecule is O=C(O)CNC(=O)c1nc(-c2ccc(Cl)cc2Cl)no1. The van der Waals surface area contributed by atoms with Crippen LogP contribution >= 0.6 is 23.2 Å². The van der Waals surface area contributed by atoms with E-state index in [1.165, 1.54) is 6.07 Å². The Balaban J connectivity index is 2.20. The van der Waals surface area contributed by atoms with Gasteiger partial charge in [0, 0.05) is 10.6 Å². The lowest BCUT2D eigenvalue weighted by Crippen LogP contribution is -2.29. The van der Waals surface area contributed by atoms with Crippen LogP contribution in [0.25, 0.3) is 11.4 Å². The molecule has 0 bridgehead atoms. The summed E-state index contributed by atoms with van der Waals surface area (Å²) in [6, 6.07) is 4.66. The molecule has 0 aliphatic rings. The van der Waals surface area contributed by atoms with Crippen molar-refractivity contribution in [3.05, 3.63) is 34.1 Å². The standard InChI is InChI=1S/C11H7Cl2N3O4/c12-5-1-2-6(7(13)3-5)9-15-11(20-16-9)10(19)14-4-8(17)18/h1-3H,4H2,(H,14,19)(H,17,18). The average Bonchev–Trinajstić information content (AvgIpc) is 2.85. The van der Waals surface area contributed by atoms with Crippen LogP contribution in [0.4, 0.5) is 0 Å². The molecule has 0 unspecified atom stereocenters. The number of carboxylic acids is 1. The highest BCUT2D eigenvalue weighted by Gasteiger charge is 2.18. The van der Waals surface area contributed by atoms with Gasteiger partial charge in [-0.3, -0.25) is 9.59 Å². The number of rotatable bonds is 4. The maximum atomic E-state index is 11.5. The van der Waals surface area contributed by atoms with Gasteiger partial charge in [0.15, 0.2) is 0 Å². The zero-order chi connectivity index (χ0) is 14.7. The van der Waals surface area contributed by atoms with Crippen LogP contribution in [0.3, 0.4) is 0 Å². The van der Waals surface area contributed by atoms with E-state index < -0.39 is 18.4 Å². The second-order valence-corrected chi connectivity index (χ2v) is 4.47. The first-order valence-electron chi connectivity index (χ1n) is 5.26. The Morgan fingerprint density at radius 2 is 2.10 bits per heavy atom. The zero-order valence-corrected chi connectivity index (χ0v) is 11.3. The van der Waals surface area contributed by atoms with Gasteiger partial charge in [0.05, 0.1) is 5.02 Å². The first-order valence-corrected chi connectivity index (χ1v) is 6.02. The Kier molecular flexibility index (Phi) is 4.21. The van der Waals surface area contributed by atoms with Crippen LogP contribution in [0.5, 0.6) is 0 Å². The largest absolute Gasteiger partial charge is 0.480 e. The van der Waals surface area contributed by atoms with E-state index in [9.17, 15) is 9.59 Å². The number of carboxylic acid groups (broad SMARTS) is 1. The summed E-state index contributed by atoms with van der Waals surface area (Å²) in [5.41, 5.74) is 0.442. The van der Waals surface area contributed by atoms with Crippen LogP contribution in [-0.2, 0) is 4.79 Å². The molecule has 0 saturated heterocycles. The van der Waals surface area contributed by atoms with Gasteiger partial charge in [-0.2, -0.15) is 4.98 Å². The van der Waals surface area contributed by atoms with Gasteiger partial charge in [-0.25, -0.2) is 0 Å². The number of hydrogen-bond acceptors (Lipinski definition) is 5. The number of benzene rings is 1. The summed E-state index contributed by atoms with van der Waals surface area (Å²) in [6.07, 6.45) is 0. The number of carbonyl (C=O) groups excluding carboxylic acids is 1. The van der Waals surface area contributed by atoms with Crippen molar-refractivity contribution in [2.75, 3.05) is 6.54 Å². The van der Waals surface area contributed by atoms with Gasteiger partial charge in [-0.1, -0.05) is 28.4 Å². The lowest BCUT2D eigenvalue weighted by molar-refractivity contribution is -0.135. The molecule has 0 saturated carbocycles. The fraction of sp³-hybridized carbons (Fsp3) is 0.0909. The number of nitrogens with zero attached hydrogens (tertiary/aromatic N) is 2. The van der Waals surface area contributed by atoms with E-state index in [1.54, 1.807) is 12.1 Å². The van der Waals surface area contributed by atoms with E-state index in [1.807, 2.05) is 0 Å². The van der Waals surface area contributed by atoms with Crippen LogP contribution in [0.15, 0.2) is 22.7 Å². The summed E-state index contributed by atoms with van der Waals surface area (Å²) in [4.78, 5) is 25.7. The highest BCUT2D eigenvalue weighted by Crippen LogP contribution is 2.28. The van der Waals surface area contributed by atoms with Crippen LogP contribution in [-0.4, -0.2) is 33.7 Å². The topological polar surface area (TPSA) is 105 Å². The number of amides is 1. The predicted molar refractivity (Wildman–Crippen MR) is 69.7 cm³/mol. The molecule has 2 aromatic rings. The van der Waals surface area contributed by atoms with Crippen molar-refractivity contribution < 1.29 is 19.2 Å². The molecule has 0 aliphatic heterocycles. The summed E-state index contributed by atoms with van der Waals surface area (Å²) in [5.74, 6) is -2.21. The fourth-order valence-electron chi connectivity index (χ4n) is 1.33. The molecule has 0 aliphatic carbocycles. The lowest BCUT2D eigenvalue weighted by Gasteiger charge is -1.98. The summed E-state index contributed by atoms with van der Waals surface area (Å²) >= 11 is 11.7. The minimum atomic E-state index is -1.18. The molecule has 2 N–H and O–H groups in total. The zero-order valence-electron chi connectivity index (χ0n) is 9.76. The van der Waals surface area contributed by atoms with Gasteiger partial charge >= 0.3 is 17.8 Å². The molecule has 1 aromatic carbocycles. The van der Waals surface area contributed by atoms with Crippen molar-refractivity contribution >= 4 is 35.1 Å². The first-order chi connectivity index (χ1) is 9.47. The molecule has 0 radical (unpaired) electrons. The molecule has 0 atom stereocenters. The number of nitrogens with one attached hydrogen (secondary N) is 1. The molecule has 7 nitrogen and oxygen atoms in total. The lowest BCUT2D eigenvalue weighted by atomic mass is 10.2. The average molecular weight is 316 g/mol. The molecule has 1 amide bonds. The van der Waals surface area contributed by atoms with Gasteiger partial charge in [0.2, 0.25) is 5.82 Å². The monoisotopic (exact) mass is 315 g/mol. The Bertz CT molecular complexity index is 671. The Morgan fingerprint density at radius 1 is 1.35 bits per heavy atom. The minimum Gasteiger partial charge on any atom is -0.480 e. The first kappa shape index (κ1) is 14.3. The van der Waals surface area contributed by atoms with E-state index in [2.05, 4.69) is 15.5 Å². The van der Waals surface area contributed by atoms with E-state index >= 15 is 0 Å². The molecule has 0 fully saturated rings. The molecule has 2 rings (SSSR count). The van der Waals surface area contributed by atoms with Gasteiger partial charge in [0.1, 0.15) is 6.54 Å². The van der Waals surface area contributed by atoms with Gasteiger partial charge in [-0.05, 0) is 18.2 Å². The molecule has 20 heavy (non-hydrogen) atoms. The molecular weight excluding hydrogens is 309 g/mol. The van der Waals surface area contributed by atoms with Crippen molar-refractivity contribution in [3.63, 3.8) is 0 Å². The van der Waals surface area contributed by atoms with Crippen LogP contribution in [0, 0.1) is 0 Å². The quantitative estimate of drug-likeness (QED) is 0.892. The number of hydrogen-bond donors (Lipinski definition) is 2. The maximum absolute atomic E-state index is 11.5. The predicted octanol–water partition coefficient (Wildman–Crippen LogP) is 1.86. The van der Waals surface area contributed by atoms with E-state index in [4.69, 9.17) is 32.8 Å². The molecule has 9 heteroatoms. The third-order valence-electron chi connectivity index (χ3n) is 2.19. The number of halogens is 2. The van der Waals surface area contributed by atoms with Crippen LogP contribution in [0.1, 0.15) is 10.7 Å². The van der Waals surface area contributed by atoms with Crippen molar-refractivity contribution in [1.29, 1.82) is 0 Å². The summed E-state index contributed by atoms with van der Waals surface area (Å²) < 4.78 is 4.74. The highest BCUT2D eigenvalue weighted by molar-refractivity contribution is 6.36. The van der Waals surface area contributed by atoms with Crippen LogP contribution < -0.4 is 5.32 Å². The Morgan fingerprint density at radius 3 is 2.75 bits per heavy atom. The molecule has 0 spiro atoms. The summed E-state index contributed by atoms with van der Waals surface area (Å²) in [7, 11) is 0. The summed E-state index contributed by atoms with van der Waals surface area (Å²) in [5, 5.41) is 14.9. The molecule has 104 valence electrons. The normalized spacial score (nSPS) is 10.3. The highest BCUT2D eigenvalue weighted by atomic mass is 35.5. The van der Waals surface area contributed by atoms with Crippen LogP contribution in [0.2, 0.25) is 10.0 Å². The van der Waals surface area contributed by atoms with Gasteiger partial charge in [0.25, 0.3) is 0 Å². The molecule has 1 aromatic heterocycles. The van der Waals surface area contributed by atoms with Crippen molar-refractivity contribution in [1.82, 2.24) is 15.5 Å². The third-order valence-corrected chi connectivity index (χ3v) is 2.74. The third kappa shape index (κ3) is 3.25. The Labute approximate surface area is 122 Å². The van der Waals surface area contributed by atoms with E-state index in [-0.39, 0.29) is 11.7 Å². The smallest absolute Gasteiger partial charge is 0.322 e. The maximum Gasteiger partial charge on any atom is 0.322 e.